The van der Waals surface area contributed by atoms with Crippen molar-refractivity contribution in [2.24, 2.45) is 0 Å². The summed E-state index contributed by atoms with van der Waals surface area (Å²) < 4.78 is 13.7. The minimum absolute atomic E-state index is 0.272. The van der Waals surface area contributed by atoms with E-state index >= 15 is 0 Å². The van der Waals surface area contributed by atoms with Crippen LogP contribution in [0.5, 0.6) is 0 Å². The molecule has 0 fully saturated rings. The molecule has 0 saturated carbocycles. The van der Waals surface area contributed by atoms with E-state index in [0.717, 1.165) is 18.7 Å². The van der Waals surface area contributed by atoms with Crippen molar-refractivity contribution in [1.29, 1.82) is 0 Å². The van der Waals surface area contributed by atoms with Gasteiger partial charge in [-0.1, -0.05) is 30.3 Å². The molecule has 1 atom stereocenters. The number of nitrogens with zero attached hydrogens (tertiary/aromatic N) is 1. The lowest BCUT2D eigenvalue weighted by atomic mass is 10.0. The molecule has 0 aromatic heterocycles. The zero-order chi connectivity index (χ0) is 15.4. The van der Waals surface area contributed by atoms with E-state index in [2.05, 4.69) is 17.0 Å². The fourth-order valence-electron chi connectivity index (χ4n) is 2.41. The molecule has 0 aliphatic heterocycles. The number of anilines is 1. The summed E-state index contributed by atoms with van der Waals surface area (Å²) >= 11 is 0. The Morgan fingerprint density at radius 1 is 1.19 bits per heavy atom. The molecule has 0 saturated heterocycles. The van der Waals surface area contributed by atoms with E-state index in [9.17, 15) is 9.50 Å². The van der Waals surface area contributed by atoms with Gasteiger partial charge in [-0.25, -0.2) is 4.39 Å². The van der Waals surface area contributed by atoms with Crippen LogP contribution in [0.2, 0.25) is 0 Å². The zero-order valence-corrected chi connectivity index (χ0v) is 12.8. The molecule has 2 aromatic rings. The molecule has 21 heavy (non-hydrogen) atoms. The third kappa shape index (κ3) is 3.82. The van der Waals surface area contributed by atoms with Crippen LogP contribution in [0.3, 0.4) is 0 Å². The lowest BCUT2D eigenvalue weighted by Crippen LogP contribution is -2.22. The van der Waals surface area contributed by atoms with Crippen LogP contribution in [0.25, 0.3) is 0 Å². The highest BCUT2D eigenvalue weighted by atomic mass is 19.1. The highest BCUT2D eigenvalue weighted by Gasteiger charge is 2.14. The molecule has 0 heterocycles. The Morgan fingerprint density at radius 3 is 2.48 bits per heavy atom. The number of aliphatic hydroxyl groups excluding tert-OH is 1. The van der Waals surface area contributed by atoms with E-state index in [-0.39, 0.29) is 5.82 Å². The van der Waals surface area contributed by atoms with Crippen molar-refractivity contribution in [3.8, 4) is 0 Å². The number of halogens is 1. The van der Waals surface area contributed by atoms with Crippen molar-refractivity contribution in [3.63, 3.8) is 0 Å². The smallest absolute Gasteiger partial charge is 0.126 e. The van der Waals surface area contributed by atoms with Crippen LogP contribution in [0, 0.1) is 12.7 Å². The molecule has 2 rings (SSSR count). The first-order chi connectivity index (χ1) is 9.99. The van der Waals surface area contributed by atoms with Gasteiger partial charge in [-0.3, -0.25) is 0 Å². The van der Waals surface area contributed by atoms with E-state index < -0.39 is 6.10 Å². The van der Waals surface area contributed by atoms with Crippen LogP contribution in [-0.2, 0) is 6.42 Å². The first kappa shape index (κ1) is 15.5. The third-order valence-electron chi connectivity index (χ3n) is 3.75. The monoisotopic (exact) mass is 287 g/mol. The summed E-state index contributed by atoms with van der Waals surface area (Å²) in [5.74, 6) is -0.272. The van der Waals surface area contributed by atoms with Crippen molar-refractivity contribution in [2.75, 3.05) is 18.5 Å². The second-order valence-corrected chi connectivity index (χ2v) is 5.49. The second-order valence-electron chi connectivity index (χ2n) is 5.49. The topological polar surface area (TPSA) is 23.5 Å². The lowest BCUT2D eigenvalue weighted by Gasteiger charge is -2.24. The molecule has 0 radical (unpaired) electrons. The van der Waals surface area contributed by atoms with E-state index in [4.69, 9.17) is 0 Å². The van der Waals surface area contributed by atoms with E-state index in [1.54, 1.807) is 13.8 Å². The standard InChI is InChI=1S/C18H22FNO/c1-13-11-18(16(14(2)21)12-17(13)19)20(3)10-9-15-7-5-4-6-8-15/h4-8,11-12,14,21H,9-10H2,1-3H3/t14-/m1/s1. The minimum Gasteiger partial charge on any atom is -0.389 e. The van der Waals surface area contributed by atoms with Gasteiger partial charge in [0, 0.05) is 24.8 Å². The largest absolute Gasteiger partial charge is 0.389 e. The predicted octanol–water partition coefficient (Wildman–Crippen LogP) is 3.87. The van der Waals surface area contributed by atoms with E-state index in [0.29, 0.717) is 11.1 Å². The number of hydrogen-bond acceptors (Lipinski definition) is 2. The molecule has 112 valence electrons. The number of hydrogen-bond donors (Lipinski definition) is 1. The molecule has 0 aliphatic rings. The molecule has 2 aromatic carbocycles. The van der Waals surface area contributed by atoms with Crippen LogP contribution < -0.4 is 4.90 Å². The quantitative estimate of drug-likeness (QED) is 0.902. The van der Waals surface area contributed by atoms with Gasteiger partial charge >= 0.3 is 0 Å². The Kier molecular flexibility index (Phi) is 4.97. The average Bonchev–Trinajstić information content (AvgIpc) is 2.48. The Hall–Kier alpha value is -1.87. The second kappa shape index (κ2) is 6.72. The number of rotatable bonds is 5. The van der Waals surface area contributed by atoms with E-state index in [1.807, 2.05) is 31.3 Å². The highest BCUT2D eigenvalue weighted by Crippen LogP contribution is 2.28. The fourth-order valence-corrected chi connectivity index (χ4v) is 2.41. The first-order valence-electron chi connectivity index (χ1n) is 7.22. The van der Waals surface area contributed by atoms with Crippen LogP contribution in [0.4, 0.5) is 10.1 Å². The summed E-state index contributed by atoms with van der Waals surface area (Å²) in [6.07, 6.45) is 0.224. The summed E-state index contributed by atoms with van der Waals surface area (Å²) in [6.45, 7) is 4.23. The van der Waals surface area contributed by atoms with Gasteiger partial charge in [0.05, 0.1) is 6.10 Å². The third-order valence-corrected chi connectivity index (χ3v) is 3.75. The normalized spacial score (nSPS) is 12.2. The summed E-state index contributed by atoms with van der Waals surface area (Å²) in [4.78, 5) is 2.07. The maximum atomic E-state index is 13.7. The molecule has 0 bridgehead atoms. The van der Waals surface area contributed by atoms with Crippen molar-refractivity contribution in [2.45, 2.75) is 26.4 Å². The molecular weight excluding hydrogens is 265 g/mol. The molecular formula is C18H22FNO. The molecule has 3 heteroatoms. The first-order valence-corrected chi connectivity index (χ1v) is 7.22. The highest BCUT2D eigenvalue weighted by molar-refractivity contribution is 5.56. The molecule has 1 N–H and O–H groups in total. The Balaban J connectivity index is 2.18. The summed E-state index contributed by atoms with van der Waals surface area (Å²) in [6, 6.07) is 13.5. The van der Waals surface area contributed by atoms with Crippen LogP contribution in [-0.4, -0.2) is 18.7 Å². The maximum Gasteiger partial charge on any atom is 0.126 e. The minimum atomic E-state index is -0.686. The van der Waals surface area contributed by atoms with Crippen LogP contribution in [0.1, 0.15) is 29.7 Å². The Labute approximate surface area is 125 Å². The van der Waals surface area contributed by atoms with Gasteiger partial charge < -0.3 is 10.0 Å². The molecule has 0 unspecified atom stereocenters. The molecule has 0 spiro atoms. The molecule has 2 nitrogen and oxygen atoms in total. The molecule has 0 aliphatic carbocycles. The van der Waals surface area contributed by atoms with Crippen molar-refractivity contribution < 1.29 is 9.50 Å². The number of likely N-dealkylation sites (N-methyl/N-ethyl adjacent to an activating group) is 1. The van der Waals surface area contributed by atoms with Gasteiger partial charge in [-0.2, -0.15) is 0 Å². The van der Waals surface area contributed by atoms with Gasteiger partial charge in [-0.05, 0) is 43.5 Å². The lowest BCUT2D eigenvalue weighted by molar-refractivity contribution is 0.199. The van der Waals surface area contributed by atoms with Gasteiger partial charge in [0.1, 0.15) is 5.82 Å². The summed E-state index contributed by atoms with van der Waals surface area (Å²) in [5.41, 5.74) is 3.39. The SMILES string of the molecule is Cc1cc(N(C)CCc2ccccc2)c([C@@H](C)O)cc1F. The van der Waals surface area contributed by atoms with Crippen molar-refractivity contribution >= 4 is 5.69 Å². The fraction of sp³-hybridized carbons (Fsp3) is 0.333. The van der Waals surface area contributed by atoms with Crippen LogP contribution >= 0.6 is 0 Å². The van der Waals surface area contributed by atoms with E-state index in [1.165, 1.54) is 11.6 Å². The average molecular weight is 287 g/mol. The van der Waals surface area contributed by atoms with Gasteiger partial charge in [0.2, 0.25) is 0 Å². The summed E-state index contributed by atoms with van der Waals surface area (Å²) in [5, 5.41) is 9.86. The van der Waals surface area contributed by atoms with Gasteiger partial charge in [0.25, 0.3) is 0 Å². The number of benzene rings is 2. The van der Waals surface area contributed by atoms with Gasteiger partial charge in [0.15, 0.2) is 0 Å². The molecule has 0 amide bonds. The van der Waals surface area contributed by atoms with Crippen LogP contribution in [0.15, 0.2) is 42.5 Å². The number of aryl methyl sites for hydroxylation is 1. The predicted molar refractivity (Wildman–Crippen MR) is 85.2 cm³/mol. The van der Waals surface area contributed by atoms with Crippen molar-refractivity contribution in [3.05, 3.63) is 65.0 Å². The van der Waals surface area contributed by atoms with Crippen molar-refractivity contribution in [1.82, 2.24) is 0 Å². The zero-order valence-electron chi connectivity index (χ0n) is 12.8. The Morgan fingerprint density at radius 2 is 1.86 bits per heavy atom. The summed E-state index contributed by atoms with van der Waals surface area (Å²) in [7, 11) is 1.97. The number of aliphatic hydroxyl groups is 1. The maximum absolute atomic E-state index is 13.7. The Bertz CT molecular complexity index is 596. The van der Waals surface area contributed by atoms with Gasteiger partial charge in [-0.15, -0.1) is 0 Å².